The average molecular weight is 1070 g/mol. The summed E-state index contributed by atoms with van der Waals surface area (Å²) in [5.74, 6) is -10.5. The number of nitrogens with one attached hydrogen (secondary N) is 5. The number of amides is 7. The smallest absolute Gasteiger partial charge is 0.303 e. The van der Waals surface area contributed by atoms with Crippen LogP contribution in [-0.4, -0.2) is 128 Å². The summed E-state index contributed by atoms with van der Waals surface area (Å²) in [7, 11) is 0. The van der Waals surface area contributed by atoms with Gasteiger partial charge in [0, 0.05) is 85.8 Å². The van der Waals surface area contributed by atoms with Gasteiger partial charge in [-0.25, -0.2) is 8.78 Å². The molecule has 414 valence electrons. The fourth-order valence-corrected chi connectivity index (χ4v) is 8.28. The molecule has 77 heavy (non-hydrogen) atoms. The number of aliphatic hydroxyl groups excluding tert-OH is 1. The van der Waals surface area contributed by atoms with Crippen molar-refractivity contribution in [2.45, 2.75) is 110 Å². The summed E-state index contributed by atoms with van der Waals surface area (Å²) in [6.07, 6.45) is 1.98. The molecule has 0 saturated heterocycles. The molecule has 4 aromatic rings. The van der Waals surface area contributed by atoms with Gasteiger partial charge < -0.3 is 52.0 Å². The molecule has 2 aromatic heterocycles. The topological polar surface area (TPSA) is 318 Å². The lowest BCUT2D eigenvalue weighted by atomic mass is 9.82. The zero-order valence-corrected chi connectivity index (χ0v) is 43.6. The quantitative estimate of drug-likeness (QED) is 0.0349. The Morgan fingerprint density at radius 1 is 0.792 bits per heavy atom. The standard InChI is InChI=1S/C54H67F2N9O12/c1-32(24-44(68)33(2)61-51(75)35-17-21-58-22-18-35)50(74)63-42(27-45(57)69)53(77)62-41(52(76)59-20-9-12-38(67)28-60-46(70)15-16-48(72)73)19-23-65(47(71)31-66)49(54(3,4)5)43-25-36(39-26-37(55)13-14-40(39)56)30-64(43)29-34-10-7-6-8-11-34/h6-8,10-11,13-14,17-18,21-22,25-26,30,32-33,41-42,49,66H,9,12,15-16,19-20,23-24,27-29,31H2,1-5H3,(H2,57,69)(H,59,76)(H,60,70)(H,61,75)(H,62,77)(H,63,74)(H,72,73)/t32-,33-,41-,42-,49-/m0/s1. The molecule has 0 aliphatic heterocycles. The number of nitrogens with two attached hydrogens (primary N) is 1. The molecular formula is C54H67F2N9O12. The lowest BCUT2D eigenvalue weighted by molar-refractivity contribution is -0.140. The van der Waals surface area contributed by atoms with E-state index in [2.05, 4.69) is 31.6 Å². The fraction of sp³-hybridized carbons (Fsp3) is 0.426. The number of carbonyl (C=O) groups is 10. The molecule has 23 heteroatoms. The van der Waals surface area contributed by atoms with Gasteiger partial charge in [0.25, 0.3) is 5.91 Å². The maximum atomic E-state index is 15.4. The lowest BCUT2D eigenvalue weighted by Gasteiger charge is -2.41. The van der Waals surface area contributed by atoms with E-state index in [0.29, 0.717) is 5.69 Å². The first-order valence-electron chi connectivity index (χ1n) is 24.9. The number of rotatable bonds is 30. The number of carboxylic acids is 1. The number of pyridine rings is 1. The fourth-order valence-electron chi connectivity index (χ4n) is 8.28. The number of carbonyl (C=O) groups excluding carboxylic acids is 9. The number of Topliss-reactive ketones (excluding diaryl/α,β-unsaturated/α-hetero) is 2. The van der Waals surface area contributed by atoms with Crippen molar-refractivity contribution in [2.24, 2.45) is 17.1 Å². The Kier molecular flexibility index (Phi) is 23.2. The third-order valence-corrected chi connectivity index (χ3v) is 12.3. The number of hydrogen-bond acceptors (Lipinski definition) is 12. The molecule has 0 bridgehead atoms. The molecule has 7 amide bonds. The number of hydrogen-bond donors (Lipinski definition) is 8. The number of halogens is 2. The molecule has 0 fully saturated rings. The normalized spacial score (nSPS) is 13.1. The number of carboxylic acid groups (broad SMARTS) is 1. The maximum absolute atomic E-state index is 15.4. The number of primary amides is 1. The third kappa shape index (κ3) is 19.5. The van der Waals surface area contributed by atoms with Crippen LogP contribution in [0.5, 0.6) is 0 Å². The van der Waals surface area contributed by atoms with Crippen LogP contribution < -0.4 is 32.3 Å². The van der Waals surface area contributed by atoms with E-state index in [1.165, 1.54) is 43.3 Å². The largest absolute Gasteiger partial charge is 0.481 e. The van der Waals surface area contributed by atoms with Gasteiger partial charge in [0.1, 0.15) is 30.3 Å². The summed E-state index contributed by atoms with van der Waals surface area (Å²) in [6.45, 7) is 6.48. The van der Waals surface area contributed by atoms with E-state index >= 15 is 4.39 Å². The number of aliphatic carboxylic acids is 1. The van der Waals surface area contributed by atoms with Crippen LogP contribution in [0, 0.1) is 23.0 Å². The van der Waals surface area contributed by atoms with E-state index < -0.39 is 138 Å². The highest BCUT2D eigenvalue weighted by atomic mass is 19.1. The summed E-state index contributed by atoms with van der Waals surface area (Å²) < 4.78 is 31.8. The van der Waals surface area contributed by atoms with E-state index in [9.17, 15) is 57.4 Å². The van der Waals surface area contributed by atoms with Gasteiger partial charge in [-0.15, -0.1) is 0 Å². The van der Waals surface area contributed by atoms with Crippen molar-refractivity contribution in [1.29, 1.82) is 0 Å². The summed E-state index contributed by atoms with van der Waals surface area (Å²) in [4.78, 5) is 135. The van der Waals surface area contributed by atoms with Gasteiger partial charge in [0.2, 0.25) is 35.4 Å². The van der Waals surface area contributed by atoms with Crippen LogP contribution in [-0.2, 0) is 49.7 Å². The van der Waals surface area contributed by atoms with Gasteiger partial charge in [-0.1, -0.05) is 58.0 Å². The first kappa shape index (κ1) is 61.3. The Bertz CT molecular complexity index is 2750. The number of aliphatic hydroxyl groups is 1. The van der Waals surface area contributed by atoms with E-state index in [1.54, 1.807) is 37.6 Å². The van der Waals surface area contributed by atoms with Crippen molar-refractivity contribution in [3.63, 3.8) is 0 Å². The van der Waals surface area contributed by atoms with Crippen LogP contribution in [0.2, 0.25) is 0 Å². The highest BCUT2D eigenvalue weighted by Crippen LogP contribution is 2.41. The van der Waals surface area contributed by atoms with Crippen LogP contribution in [0.4, 0.5) is 8.78 Å². The van der Waals surface area contributed by atoms with Crippen molar-refractivity contribution in [1.82, 2.24) is 41.0 Å². The van der Waals surface area contributed by atoms with Gasteiger partial charge in [0.15, 0.2) is 11.6 Å². The van der Waals surface area contributed by atoms with E-state index in [-0.39, 0.29) is 62.0 Å². The SMILES string of the molecule is C[C@H](NC(=O)c1ccncc1)C(=O)C[C@H](C)C(=O)N[C@@H](CC(N)=O)C(=O)N[C@@H](CCN(C(=O)CO)[C@@H](c1cc(-c2cc(F)ccc2F)cn1Cc1ccccc1)C(C)(C)C)C(=O)NCCCC(=O)CNC(=O)CCC(=O)O. The minimum Gasteiger partial charge on any atom is -0.481 e. The van der Waals surface area contributed by atoms with E-state index in [1.807, 2.05) is 30.3 Å². The maximum Gasteiger partial charge on any atom is 0.303 e. The molecule has 0 radical (unpaired) electrons. The summed E-state index contributed by atoms with van der Waals surface area (Å²) >= 11 is 0. The molecule has 2 aromatic carbocycles. The van der Waals surface area contributed by atoms with Gasteiger partial charge in [-0.05, 0) is 67.1 Å². The first-order valence-corrected chi connectivity index (χ1v) is 24.9. The monoisotopic (exact) mass is 1070 g/mol. The molecule has 21 nitrogen and oxygen atoms in total. The van der Waals surface area contributed by atoms with Crippen LogP contribution >= 0.6 is 0 Å². The van der Waals surface area contributed by atoms with Crippen LogP contribution in [0.3, 0.4) is 0 Å². The second-order valence-corrected chi connectivity index (χ2v) is 19.6. The van der Waals surface area contributed by atoms with Crippen molar-refractivity contribution >= 4 is 58.9 Å². The number of ketones is 2. The van der Waals surface area contributed by atoms with Gasteiger partial charge in [0.05, 0.1) is 31.5 Å². The van der Waals surface area contributed by atoms with Crippen LogP contribution in [0.25, 0.3) is 11.1 Å². The zero-order chi connectivity index (χ0) is 57.0. The van der Waals surface area contributed by atoms with E-state index in [4.69, 9.17) is 10.8 Å². The lowest BCUT2D eigenvalue weighted by Crippen LogP contribution is -2.56. The molecule has 0 aliphatic rings. The average Bonchev–Trinajstić information content (AvgIpc) is 3.79. The summed E-state index contributed by atoms with van der Waals surface area (Å²) in [6, 6.07) is 11.4. The molecule has 0 unspecified atom stereocenters. The second-order valence-electron chi connectivity index (χ2n) is 19.6. The molecule has 4 rings (SSSR count). The Morgan fingerprint density at radius 3 is 2.10 bits per heavy atom. The molecule has 9 N–H and O–H groups in total. The highest BCUT2D eigenvalue weighted by molar-refractivity contribution is 5.99. The highest BCUT2D eigenvalue weighted by Gasteiger charge is 2.39. The Hall–Kier alpha value is -8.21. The van der Waals surface area contributed by atoms with Gasteiger partial charge in [-0.2, -0.15) is 0 Å². The van der Waals surface area contributed by atoms with Gasteiger partial charge >= 0.3 is 5.97 Å². The van der Waals surface area contributed by atoms with Crippen LogP contribution in [0.15, 0.2) is 85.3 Å². The van der Waals surface area contributed by atoms with Crippen molar-refractivity contribution in [3.8, 4) is 11.1 Å². The predicted octanol–water partition coefficient (Wildman–Crippen LogP) is 2.88. The number of aromatic nitrogens is 2. The molecule has 0 aliphatic carbocycles. The van der Waals surface area contributed by atoms with Crippen molar-refractivity contribution in [3.05, 3.63) is 114 Å². The predicted molar refractivity (Wildman–Crippen MR) is 276 cm³/mol. The van der Waals surface area contributed by atoms with Crippen molar-refractivity contribution < 1.29 is 66.9 Å². The molecule has 0 spiro atoms. The Labute approximate surface area is 444 Å². The number of nitrogens with zero attached hydrogens (tertiary/aromatic N) is 3. The summed E-state index contributed by atoms with van der Waals surface area (Å²) in [5.41, 5.74) is 6.31. The molecular weight excluding hydrogens is 1000 g/mol. The van der Waals surface area contributed by atoms with Crippen LogP contribution in [0.1, 0.15) is 107 Å². The minimum absolute atomic E-state index is 0.0348. The molecule has 5 atom stereocenters. The summed E-state index contributed by atoms with van der Waals surface area (Å²) in [5, 5.41) is 31.8. The first-order chi connectivity index (χ1) is 36.4. The Morgan fingerprint density at radius 2 is 1.47 bits per heavy atom. The second kappa shape index (κ2) is 29.2. The minimum atomic E-state index is -1.71. The van der Waals surface area contributed by atoms with Crippen molar-refractivity contribution in [2.75, 3.05) is 26.2 Å². The van der Waals surface area contributed by atoms with Gasteiger partial charge in [-0.3, -0.25) is 52.9 Å². The molecule has 0 saturated carbocycles. The molecule has 2 heterocycles. The third-order valence-electron chi connectivity index (χ3n) is 12.3. The number of benzene rings is 2. The zero-order valence-electron chi connectivity index (χ0n) is 43.6. The Balaban J connectivity index is 1.64. The van der Waals surface area contributed by atoms with E-state index in [0.717, 1.165) is 23.8 Å².